The van der Waals surface area contributed by atoms with E-state index in [-0.39, 0.29) is 0 Å². The third kappa shape index (κ3) is 3.43. The monoisotopic (exact) mass is 346 g/mol. The molecule has 0 saturated carbocycles. The summed E-state index contributed by atoms with van der Waals surface area (Å²) in [6.45, 7) is 6.13. The van der Waals surface area contributed by atoms with Crippen molar-refractivity contribution < 1.29 is 0 Å². The van der Waals surface area contributed by atoms with Gasteiger partial charge in [-0.1, -0.05) is 42.5 Å². The predicted octanol–water partition coefficient (Wildman–Crippen LogP) is 3.54. The van der Waals surface area contributed by atoms with Gasteiger partial charge in [0.2, 0.25) is 0 Å². The minimum atomic E-state index is 0.311. The Bertz CT molecular complexity index is 883. The summed E-state index contributed by atoms with van der Waals surface area (Å²) in [4.78, 5) is 7.13. The van der Waals surface area contributed by atoms with Crippen molar-refractivity contribution in [1.82, 2.24) is 19.8 Å². The van der Waals surface area contributed by atoms with E-state index >= 15 is 0 Å². The van der Waals surface area contributed by atoms with Crippen molar-refractivity contribution in [2.45, 2.75) is 19.5 Å². The molecule has 0 spiro atoms. The summed E-state index contributed by atoms with van der Waals surface area (Å²) in [5.74, 6) is 1.13. The number of imidazole rings is 1. The van der Waals surface area contributed by atoms with E-state index in [9.17, 15) is 0 Å². The number of rotatable bonds is 4. The molecule has 1 saturated heterocycles. The van der Waals surface area contributed by atoms with Gasteiger partial charge < -0.3 is 9.88 Å². The van der Waals surface area contributed by atoms with Crippen molar-refractivity contribution in [3.05, 3.63) is 77.9 Å². The number of aromatic nitrogens is 2. The lowest BCUT2D eigenvalue weighted by atomic mass is 9.98. The Balaban J connectivity index is 1.59. The highest BCUT2D eigenvalue weighted by Gasteiger charge is 2.26. The number of hydrogen-bond acceptors (Lipinski definition) is 3. The van der Waals surface area contributed by atoms with Crippen molar-refractivity contribution >= 4 is 0 Å². The maximum atomic E-state index is 4.59. The molecule has 134 valence electrons. The van der Waals surface area contributed by atoms with E-state index in [2.05, 4.69) is 82.3 Å². The zero-order chi connectivity index (χ0) is 17.9. The molecular formula is C22H26N4. The lowest BCUT2D eigenvalue weighted by molar-refractivity contribution is 0.145. The molecule has 1 fully saturated rings. The van der Waals surface area contributed by atoms with Crippen LogP contribution in [0.15, 0.2) is 60.9 Å². The van der Waals surface area contributed by atoms with Gasteiger partial charge in [-0.3, -0.25) is 4.90 Å². The molecule has 2 aromatic carbocycles. The van der Waals surface area contributed by atoms with Crippen molar-refractivity contribution in [3.8, 4) is 11.1 Å². The predicted molar refractivity (Wildman–Crippen MR) is 106 cm³/mol. The second-order valence-electron chi connectivity index (χ2n) is 7.10. The molecule has 0 aliphatic carbocycles. The standard InChI is InChI=1S/C22H26N4/c1-17-6-3-4-9-20(17)19-8-5-7-18(14-19)16-26-13-10-23-15-21(26)22-24-11-12-25(22)2/h3-9,11-12,14,21,23H,10,13,15-16H2,1-2H3. The fourth-order valence-electron chi connectivity index (χ4n) is 3.86. The van der Waals surface area contributed by atoms with Gasteiger partial charge in [0.15, 0.2) is 0 Å². The SMILES string of the molecule is Cc1ccccc1-c1cccc(CN2CCNCC2c2nccn2C)c1. The maximum absolute atomic E-state index is 4.59. The van der Waals surface area contributed by atoms with Crippen LogP contribution in [-0.4, -0.2) is 34.1 Å². The topological polar surface area (TPSA) is 33.1 Å². The van der Waals surface area contributed by atoms with Crippen LogP contribution in [0.3, 0.4) is 0 Å². The van der Waals surface area contributed by atoms with Gasteiger partial charge in [0.05, 0.1) is 6.04 Å². The summed E-state index contributed by atoms with van der Waals surface area (Å²) in [6.07, 6.45) is 3.92. The van der Waals surface area contributed by atoms with Crippen LogP contribution in [0, 0.1) is 6.92 Å². The van der Waals surface area contributed by atoms with Gasteiger partial charge in [-0.05, 0) is 35.2 Å². The minimum Gasteiger partial charge on any atom is -0.337 e. The van der Waals surface area contributed by atoms with Gasteiger partial charge in [-0.25, -0.2) is 4.98 Å². The first-order valence-corrected chi connectivity index (χ1v) is 9.29. The van der Waals surface area contributed by atoms with Crippen LogP contribution in [0.1, 0.15) is 23.0 Å². The molecule has 1 N–H and O–H groups in total. The van der Waals surface area contributed by atoms with Crippen LogP contribution in [0.5, 0.6) is 0 Å². The summed E-state index contributed by atoms with van der Waals surface area (Å²) in [5.41, 5.74) is 5.28. The Labute approximate surface area is 155 Å². The fourth-order valence-corrected chi connectivity index (χ4v) is 3.86. The number of nitrogens with one attached hydrogen (secondary N) is 1. The highest BCUT2D eigenvalue weighted by Crippen LogP contribution is 2.27. The van der Waals surface area contributed by atoms with Gasteiger partial charge in [-0.15, -0.1) is 0 Å². The van der Waals surface area contributed by atoms with Crippen LogP contribution in [0.4, 0.5) is 0 Å². The summed E-state index contributed by atoms with van der Waals surface area (Å²) < 4.78 is 2.13. The van der Waals surface area contributed by atoms with Crippen LogP contribution in [-0.2, 0) is 13.6 Å². The smallest absolute Gasteiger partial charge is 0.127 e. The van der Waals surface area contributed by atoms with Crippen LogP contribution >= 0.6 is 0 Å². The Morgan fingerprint density at radius 1 is 1.15 bits per heavy atom. The Hall–Kier alpha value is -2.43. The average molecular weight is 346 g/mol. The van der Waals surface area contributed by atoms with Crippen LogP contribution in [0.25, 0.3) is 11.1 Å². The number of aryl methyl sites for hydroxylation is 2. The van der Waals surface area contributed by atoms with E-state index in [4.69, 9.17) is 0 Å². The normalized spacial score (nSPS) is 18.2. The van der Waals surface area contributed by atoms with Gasteiger partial charge in [0, 0.05) is 45.6 Å². The molecule has 0 radical (unpaired) electrons. The molecule has 4 nitrogen and oxygen atoms in total. The fraction of sp³-hybridized carbons (Fsp3) is 0.318. The highest BCUT2D eigenvalue weighted by molar-refractivity contribution is 5.67. The van der Waals surface area contributed by atoms with Crippen molar-refractivity contribution in [3.63, 3.8) is 0 Å². The van der Waals surface area contributed by atoms with E-state index in [1.165, 1.54) is 22.3 Å². The lowest BCUT2D eigenvalue weighted by Crippen LogP contribution is -2.46. The van der Waals surface area contributed by atoms with E-state index in [0.717, 1.165) is 32.0 Å². The molecule has 0 amide bonds. The summed E-state index contributed by atoms with van der Waals surface area (Å²) in [7, 11) is 2.08. The molecule has 0 bridgehead atoms. The summed E-state index contributed by atoms with van der Waals surface area (Å²) >= 11 is 0. The Kier molecular flexibility index (Phi) is 4.87. The molecule has 1 unspecified atom stereocenters. The van der Waals surface area contributed by atoms with E-state index in [0.29, 0.717) is 6.04 Å². The second kappa shape index (κ2) is 7.44. The average Bonchev–Trinajstić information content (AvgIpc) is 3.09. The number of nitrogens with zero attached hydrogens (tertiary/aromatic N) is 3. The molecule has 2 heterocycles. The summed E-state index contributed by atoms with van der Waals surface area (Å²) in [5, 5.41) is 3.52. The van der Waals surface area contributed by atoms with Gasteiger partial charge >= 0.3 is 0 Å². The first-order chi connectivity index (χ1) is 12.7. The molecule has 1 aromatic heterocycles. The molecule has 1 aliphatic rings. The minimum absolute atomic E-state index is 0.311. The van der Waals surface area contributed by atoms with Crippen molar-refractivity contribution in [1.29, 1.82) is 0 Å². The van der Waals surface area contributed by atoms with Crippen LogP contribution < -0.4 is 5.32 Å². The third-order valence-electron chi connectivity index (χ3n) is 5.28. The van der Waals surface area contributed by atoms with Gasteiger partial charge in [0.25, 0.3) is 0 Å². The van der Waals surface area contributed by atoms with E-state index in [1.54, 1.807) is 0 Å². The van der Waals surface area contributed by atoms with E-state index in [1.807, 2.05) is 12.4 Å². The highest BCUT2D eigenvalue weighted by atomic mass is 15.3. The zero-order valence-electron chi connectivity index (χ0n) is 15.5. The quantitative estimate of drug-likeness (QED) is 0.784. The first kappa shape index (κ1) is 17.0. The number of benzene rings is 2. The first-order valence-electron chi connectivity index (χ1n) is 9.29. The molecule has 26 heavy (non-hydrogen) atoms. The molecular weight excluding hydrogens is 320 g/mol. The van der Waals surface area contributed by atoms with Gasteiger partial charge in [0.1, 0.15) is 5.82 Å². The zero-order valence-corrected chi connectivity index (χ0v) is 15.5. The largest absolute Gasteiger partial charge is 0.337 e. The molecule has 4 rings (SSSR count). The Morgan fingerprint density at radius 2 is 2.04 bits per heavy atom. The second-order valence-corrected chi connectivity index (χ2v) is 7.10. The lowest BCUT2D eigenvalue weighted by Gasteiger charge is -2.35. The summed E-state index contributed by atoms with van der Waals surface area (Å²) in [6, 6.07) is 17.9. The molecule has 1 atom stereocenters. The van der Waals surface area contributed by atoms with E-state index < -0.39 is 0 Å². The molecule has 1 aliphatic heterocycles. The third-order valence-corrected chi connectivity index (χ3v) is 5.28. The maximum Gasteiger partial charge on any atom is 0.127 e. The van der Waals surface area contributed by atoms with Gasteiger partial charge in [-0.2, -0.15) is 0 Å². The number of hydrogen-bond donors (Lipinski definition) is 1. The van der Waals surface area contributed by atoms with Crippen molar-refractivity contribution in [2.24, 2.45) is 7.05 Å². The Morgan fingerprint density at radius 3 is 2.85 bits per heavy atom. The molecule has 4 heteroatoms. The van der Waals surface area contributed by atoms with Crippen LogP contribution in [0.2, 0.25) is 0 Å². The van der Waals surface area contributed by atoms with Crippen molar-refractivity contribution in [2.75, 3.05) is 19.6 Å². The number of piperazine rings is 1. The molecule has 3 aromatic rings.